The van der Waals surface area contributed by atoms with Crippen molar-refractivity contribution in [1.82, 2.24) is 5.32 Å². The van der Waals surface area contributed by atoms with E-state index in [0.717, 1.165) is 12.8 Å². The molecule has 1 unspecified atom stereocenters. The molecule has 84 valence electrons. The molecule has 0 saturated carbocycles. The first-order valence-electron chi connectivity index (χ1n) is 5.64. The van der Waals surface area contributed by atoms with Gasteiger partial charge in [-0.3, -0.25) is 0 Å². The minimum Gasteiger partial charge on any atom is -0.392 e. The number of rotatable bonds is 6. The largest absolute Gasteiger partial charge is 0.392 e. The number of hydrogen-bond acceptors (Lipinski definition) is 2. The normalized spacial score (nSPS) is 13.1. The average molecular weight is 207 g/mol. The summed E-state index contributed by atoms with van der Waals surface area (Å²) in [7, 11) is 0. The van der Waals surface area contributed by atoms with E-state index in [4.69, 9.17) is 0 Å². The Bertz CT molecular complexity index is 258. The van der Waals surface area contributed by atoms with Gasteiger partial charge in [0.05, 0.1) is 6.10 Å². The standard InChI is InChI=1S/C13H21NO/c1-11(2)14-10-13(15)9-8-12-6-4-3-5-7-12/h3-7,11,13-15H,8-10H2,1-2H3. The summed E-state index contributed by atoms with van der Waals surface area (Å²) in [6, 6.07) is 10.7. The molecule has 0 radical (unpaired) electrons. The van der Waals surface area contributed by atoms with Gasteiger partial charge in [-0.25, -0.2) is 0 Å². The quantitative estimate of drug-likeness (QED) is 0.747. The van der Waals surface area contributed by atoms with Crippen LogP contribution < -0.4 is 5.32 Å². The van der Waals surface area contributed by atoms with Crippen LogP contribution in [0.3, 0.4) is 0 Å². The molecule has 1 rings (SSSR count). The van der Waals surface area contributed by atoms with Crippen LogP contribution in [0.15, 0.2) is 30.3 Å². The summed E-state index contributed by atoms with van der Waals surface area (Å²) in [6.45, 7) is 4.86. The summed E-state index contributed by atoms with van der Waals surface area (Å²) in [6.07, 6.45) is 1.53. The third-order valence-electron chi connectivity index (χ3n) is 2.37. The summed E-state index contributed by atoms with van der Waals surface area (Å²) in [5.74, 6) is 0. The van der Waals surface area contributed by atoms with E-state index in [1.807, 2.05) is 18.2 Å². The van der Waals surface area contributed by atoms with Gasteiger partial charge in [-0.1, -0.05) is 44.2 Å². The fraction of sp³-hybridized carbons (Fsp3) is 0.538. The van der Waals surface area contributed by atoms with Gasteiger partial charge >= 0.3 is 0 Å². The lowest BCUT2D eigenvalue weighted by Crippen LogP contribution is -2.32. The number of aliphatic hydroxyl groups excluding tert-OH is 1. The summed E-state index contributed by atoms with van der Waals surface area (Å²) in [5, 5.41) is 12.9. The van der Waals surface area contributed by atoms with Crippen molar-refractivity contribution in [1.29, 1.82) is 0 Å². The Balaban J connectivity index is 2.19. The van der Waals surface area contributed by atoms with Gasteiger partial charge in [0.2, 0.25) is 0 Å². The van der Waals surface area contributed by atoms with Crippen LogP contribution >= 0.6 is 0 Å². The van der Waals surface area contributed by atoms with E-state index in [2.05, 4.69) is 31.3 Å². The molecule has 0 aliphatic rings. The topological polar surface area (TPSA) is 32.3 Å². The van der Waals surface area contributed by atoms with Crippen molar-refractivity contribution < 1.29 is 5.11 Å². The first-order valence-corrected chi connectivity index (χ1v) is 5.64. The predicted octanol–water partition coefficient (Wildman–Crippen LogP) is 1.98. The van der Waals surface area contributed by atoms with Crippen LogP contribution in [-0.2, 0) is 6.42 Å². The maximum absolute atomic E-state index is 9.70. The lowest BCUT2D eigenvalue weighted by atomic mass is 10.1. The molecular formula is C13H21NO. The highest BCUT2D eigenvalue weighted by molar-refractivity contribution is 5.14. The van der Waals surface area contributed by atoms with Crippen molar-refractivity contribution in [2.75, 3.05) is 6.54 Å². The number of benzene rings is 1. The molecule has 2 nitrogen and oxygen atoms in total. The Morgan fingerprint density at radius 1 is 1.20 bits per heavy atom. The Kier molecular flexibility index (Phi) is 5.37. The highest BCUT2D eigenvalue weighted by atomic mass is 16.3. The summed E-state index contributed by atoms with van der Waals surface area (Å²) in [4.78, 5) is 0. The van der Waals surface area contributed by atoms with Crippen LogP contribution in [0, 0.1) is 0 Å². The maximum atomic E-state index is 9.70. The lowest BCUT2D eigenvalue weighted by Gasteiger charge is -2.13. The third-order valence-corrected chi connectivity index (χ3v) is 2.37. The minimum atomic E-state index is -0.243. The van der Waals surface area contributed by atoms with Crippen molar-refractivity contribution in [3.05, 3.63) is 35.9 Å². The number of hydrogen-bond donors (Lipinski definition) is 2. The zero-order chi connectivity index (χ0) is 11.1. The summed E-state index contributed by atoms with van der Waals surface area (Å²) >= 11 is 0. The second-order valence-electron chi connectivity index (χ2n) is 4.24. The van der Waals surface area contributed by atoms with Gasteiger partial charge in [0, 0.05) is 12.6 Å². The second-order valence-corrected chi connectivity index (χ2v) is 4.24. The molecular weight excluding hydrogens is 186 g/mol. The van der Waals surface area contributed by atoms with E-state index in [1.165, 1.54) is 5.56 Å². The molecule has 0 fully saturated rings. The van der Waals surface area contributed by atoms with E-state index in [0.29, 0.717) is 12.6 Å². The highest BCUT2D eigenvalue weighted by Crippen LogP contribution is 2.04. The fourth-order valence-electron chi connectivity index (χ4n) is 1.45. The van der Waals surface area contributed by atoms with Gasteiger partial charge in [0.25, 0.3) is 0 Å². The van der Waals surface area contributed by atoms with Gasteiger partial charge in [-0.15, -0.1) is 0 Å². The van der Waals surface area contributed by atoms with E-state index in [9.17, 15) is 5.11 Å². The van der Waals surface area contributed by atoms with Crippen LogP contribution in [0.5, 0.6) is 0 Å². The van der Waals surface area contributed by atoms with Crippen molar-refractivity contribution in [3.63, 3.8) is 0 Å². The Labute approximate surface area is 92.3 Å². The first-order chi connectivity index (χ1) is 7.18. The molecule has 1 aromatic carbocycles. The van der Waals surface area contributed by atoms with E-state index < -0.39 is 0 Å². The smallest absolute Gasteiger partial charge is 0.0667 e. The SMILES string of the molecule is CC(C)NCC(O)CCc1ccccc1. The van der Waals surface area contributed by atoms with Gasteiger partial charge in [-0.2, -0.15) is 0 Å². The summed E-state index contributed by atoms with van der Waals surface area (Å²) in [5.41, 5.74) is 1.29. The Hall–Kier alpha value is -0.860. The molecule has 1 atom stereocenters. The predicted molar refractivity (Wildman–Crippen MR) is 63.9 cm³/mol. The average Bonchev–Trinajstić information content (AvgIpc) is 2.25. The van der Waals surface area contributed by atoms with Gasteiger partial charge < -0.3 is 10.4 Å². The molecule has 0 aromatic heterocycles. The molecule has 0 aliphatic carbocycles. The zero-order valence-electron chi connectivity index (χ0n) is 9.61. The molecule has 0 heterocycles. The van der Waals surface area contributed by atoms with Crippen LogP contribution in [0.25, 0.3) is 0 Å². The molecule has 0 saturated heterocycles. The lowest BCUT2D eigenvalue weighted by molar-refractivity contribution is 0.159. The fourth-order valence-corrected chi connectivity index (χ4v) is 1.45. The van der Waals surface area contributed by atoms with Crippen LogP contribution in [0.4, 0.5) is 0 Å². The highest BCUT2D eigenvalue weighted by Gasteiger charge is 2.04. The van der Waals surface area contributed by atoms with Crippen LogP contribution in [0.1, 0.15) is 25.8 Å². The van der Waals surface area contributed by atoms with E-state index in [1.54, 1.807) is 0 Å². The monoisotopic (exact) mass is 207 g/mol. The first kappa shape index (κ1) is 12.2. The van der Waals surface area contributed by atoms with Crippen LogP contribution in [-0.4, -0.2) is 23.8 Å². The third kappa shape index (κ3) is 5.55. The molecule has 1 aromatic rings. The number of aliphatic hydroxyl groups is 1. The van der Waals surface area contributed by atoms with Gasteiger partial charge in [-0.05, 0) is 18.4 Å². The van der Waals surface area contributed by atoms with Crippen molar-refractivity contribution in [2.45, 2.75) is 38.8 Å². The molecule has 0 spiro atoms. The Morgan fingerprint density at radius 2 is 1.87 bits per heavy atom. The maximum Gasteiger partial charge on any atom is 0.0667 e. The number of nitrogens with one attached hydrogen (secondary N) is 1. The molecule has 0 bridgehead atoms. The molecule has 0 amide bonds. The second kappa shape index (κ2) is 6.59. The number of aryl methyl sites for hydroxylation is 1. The van der Waals surface area contributed by atoms with E-state index in [-0.39, 0.29) is 6.10 Å². The van der Waals surface area contributed by atoms with Crippen molar-refractivity contribution >= 4 is 0 Å². The zero-order valence-corrected chi connectivity index (χ0v) is 9.61. The molecule has 2 heteroatoms. The summed E-state index contributed by atoms with van der Waals surface area (Å²) < 4.78 is 0. The Morgan fingerprint density at radius 3 is 2.47 bits per heavy atom. The molecule has 0 aliphatic heterocycles. The minimum absolute atomic E-state index is 0.243. The molecule has 15 heavy (non-hydrogen) atoms. The van der Waals surface area contributed by atoms with Crippen LogP contribution in [0.2, 0.25) is 0 Å². The van der Waals surface area contributed by atoms with Crippen molar-refractivity contribution in [2.24, 2.45) is 0 Å². The van der Waals surface area contributed by atoms with E-state index >= 15 is 0 Å². The van der Waals surface area contributed by atoms with Crippen molar-refractivity contribution in [3.8, 4) is 0 Å². The van der Waals surface area contributed by atoms with Gasteiger partial charge in [0.15, 0.2) is 0 Å². The molecule has 2 N–H and O–H groups in total. The van der Waals surface area contributed by atoms with Gasteiger partial charge in [0.1, 0.15) is 0 Å².